The highest BCUT2D eigenvalue weighted by Gasteiger charge is 2.11. The minimum atomic E-state index is -1.15. The molecule has 0 saturated carbocycles. The number of benzene rings is 2. The third kappa shape index (κ3) is 6.74. The van der Waals surface area contributed by atoms with Crippen LogP contribution in [0.3, 0.4) is 0 Å². The van der Waals surface area contributed by atoms with Crippen molar-refractivity contribution in [3.8, 4) is 5.75 Å². The van der Waals surface area contributed by atoms with Crippen molar-refractivity contribution >= 4 is 27.6 Å². The molecule has 7 heteroatoms. The Balaban J connectivity index is 0.000000254. The van der Waals surface area contributed by atoms with E-state index < -0.39 is 5.97 Å². The number of ether oxygens (including phenoxy) is 1. The van der Waals surface area contributed by atoms with Gasteiger partial charge in [0.2, 0.25) is 0 Å². The molecule has 4 N–H and O–H groups in total. The van der Waals surface area contributed by atoms with Crippen LogP contribution in [0, 0.1) is 0 Å². The average Bonchev–Trinajstić information content (AvgIpc) is 2.63. The number of hydrogen-bond acceptors (Lipinski definition) is 4. The summed E-state index contributed by atoms with van der Waals surface area (Å²) in [4.78, 5) is 12.6. The predicted octanol–water partition coefficient (Wildman–Crippen LogP) is 0.0665. The first-order chi connectivity index (χ1) is 11.6. The molecular weight excluding hydrogens is 388 g/mol. The van der Waals surface area contributed by atoms with Crippen LogP contribution < -0.4 is 20.1 Å². The summed E-state index contributed by atoms with van der Waals surface area (Å²) in [5, 5.41) is 12.5. The zero-order valence-electron chi connectivity index (χ0n) is 14.1. The summed E-state index contributed by atoms with van der Waals surface area (Å²) in [6.07, 6.45) is 0. The lowest BCUT2D eigenvalue weighted by Crippen LogP contribution is -2.89. The Bertz CT molecular complexity index is 641. The molecule has 1 fully saturated rings. The van der Waals surface area contributed by atoms with Crippen molar-refractivity contribution in [1.82, 2.24) is 0 Å². The maximum absolute atomic E-state index is 10.2. The number of carbonyl (C=O) groups is 1. The number of nitrogens with two attached hydrogens (primary N) is 1. The number of nitrogens with zero attached hydrogens (tertiary/aromatic N) is 1. The van der Waals surface area contributed by atoms with Crippen LogP contribution in [-0.4, -0.2) is 44.7 Å². The van der Waals surface area contributed by atoms with E-state index in [1.807, 2.05) is 12.1 Å². The van der Waals surface area contributed by atoms with Crippen LogP contribution in [0.2, 0.25) is 0 Å². The van der Waals surface area contributed by atoms with Crippen molar-refractivity contribution in [2.45, 2.75) is 0 Å². The van der Waals surface area contributed by atoms with E-state index in [0.29, 0.717) is 0 Å². The number of carboxylic acids is 1. The molecule has 0 atom stereocenters. The Kier molecular flexibility index (Phi) is 8.98. The number of piperazine rings is 1. The SMILES string of the molecule is COc1ccc(N2CC[NH2+]CC2)cc1.O.O=C([O-])c1ccc(Br)cc1. The Hall–Kier alpha value is -2.09. The van der Waals surface area contributed by atoms with Gasteiger partial charge in [0.15, 0.2) is 0 Å². The molecule has 1 aliphatic heterocycles. The van der Waals surface area contributed by atoms with E-state index in [9.17, 15) is 9.90 Å². The van der Waals surface area contributed by atoms with Gasteiger partial charge in [0.25, 0.3) is 0 Å². The molecule has 0 unspecified atom stereocenters. The fraction of sp³-hybridized carbons (Fsp3) is 0.278. The van der Waals surface area contributed by atoms with Gasteiger partial charge in [-0.1, -0.05) is 28.1 Å². The molecule has 1 saturated heterocycles. The second kappa shape index (κ2) is 10.7. The minimum Gasteiger partial charge on any atom is -0.545 e. The fourth-order valence-corrected chi connectivity index (χ4v) is 2.65. The molecule has 0 spiro atoms. The summed E-state index contributed by atoms with van der Waals surface area (Å²) >= 11 is 3.18. The number of quaternary nitrogens is 1. The highest BCUT2D eigenvalue weighted by atomic mass is 79.9. The fourth-order valence-electron chi connectivity index (χ4n) is 2.39. The average molecular weight is 411 g/mol. The lowest BCUT2D eigenvalue weighted by Gasteiger charge is -2.27. The smallest absolute Gasteiger partial charge is 0.119 e. The molecule has 2 aromatic carbocycles. The maximum atomic E-state index is 10.2. The number of carbonyl (C=O) groups excluding carboxylic acids is 1. The largest absolute Gasteiger partial charge is 0.545 e. The van der Waals surface area contributed by atoms with Gasteiger partial charge in [0.1, 0.15) is 5.75 Å². The van der Waals surface area contributed by atoms with Crippen LogP contribution in [-0.2, 0) is 0 Å². The molecule has 0 radical (unpaired) electrons. The predicted molar refractivity (Wildman–Crippen MR) is 99.0 cm³/mol. The van der Waals surface area contributed by atoms with E-state index in [4.69, 9.17) is 4.74 Å². The van der Waals surface area contributed by atoms with E-state index in [-0.39, 0.29) is 11.0 Å². The van der Waals surface area contributed by atoms with Gasteiger partial charge in [-0.25, -0.2) is 0 Å². The molecule has 0 bridgehead atoms. The van der Waals surface area contributed by atoms with Gasteiger partial charge >= 0.3 is 0 Å². The molecule has 0 amide bonds. The van der Waals surface area contributed by atoms with Crippen LogP contribution in [0.1, 0.15) is 10.4 Å². The Morgan fingerprint density at radius 2 is 1.64 bits per heavy atom. The molecule has 3 rings (SSSR count). The summed E-state index contributed by atoms with van der Waals surface area (Å²) in [6, 6.07) is 14.6. The molecule has 6 nitrogen and oxygen atoms in total. The van der Waals surface area contributed by atoms with Crippen molar-refractivity contribution in [2.75, 3.05) is 38.2 Å². The van der Waals surface area contributed by atoms with Gasteiger partial charge < -0.3 is 30.3 Å². The van der Waals surface area contributed by atoms with E-state index in [1.165, 1.54) is 30.9 Å². The maximum Gasteiger partial charge on any atom is 0.119 e. The third-order valence-corrected chi connectivity index (χ3v) is 4.25. The zero-order valence-corrected chi connectivity index (χ0v) is 15.7. The number of halogens is 1. The Labute approximate surface area is 155 Å². The third-order valence-electron chi connectivity index (χ3n) is 3.72. The van der Waals surface area contributed by atoms with Gasteiger partial charge in [-0.15, -0.1) is 0 Å². The first kappa shape index (κ1) is 21.0. The number of carboxylic acid groups (broad SMARTS) is 1. The number of methoxy groups -OCH3 is 1. The summed E-state index contributed by atoms with van der Waals surface area (Å²) < 4.78 is 5.99. The van der Waals surface area contributed by atoms with Gasteiger partial charge in [-0.3, -0.25) is 0 Å². The van der Waals surface area contributed by atoms with Crippen molar-refractivity contribution in [2.24, 2.45) is 0 Å². The molecule has 2 aromatic rings. The van der Waals surface area contributed by atoms with Gasteiger partial charge in [0.05, 0.1) is 39.3 Å². The zero-order chi connectivity index (χ0) is 17.4. The number of anilines is 1. The van der Waals surface area contributed by atoms with Crippen LogP contribution in [0.15, 0.2) is 53.0 Å². The second-order valence-corrected chi connectivity index (χ2v) is 6.26. The summed E-state index contributed by atoms with van der Waals surface area (Å²) in [5.41, 5.74) is 1.50. The standard InChI is InChI=1S/C11H16N2O.C7H5BrO2.H2O/c1-14-11-4-2-10(3-5-11)13-8-6-12-7-9-13;8-6-3-1-5(2-4-6)7(9)10;/h2-5,12H,6-9H2,1H3;1-4H,(H,9,10);1H2. The van der Waals surface area contributed by atoms with Crippen LogP contribution in [0.25, 0.3) is 0 Å². The van der Waals surface area contributed by atoms with Crippen molar-refractivity contribution in [3.05, 3.63) is 58.6 Å². The number of aromatic carboxylic acids is 1. The Morgan fingerprint density at radius 1 is 1.08 bits per heavy atom. The van der Waals surface area contributed by atoms with Crippen LogP contribution in [0.4, 0.5) is 5.69 Å². The molecular formula is C18H23BrN2O4. The summed E-state index contributed by atoms with van der Waals surface area (Å²) in [7, 11) is 1.70. The summed E-state index contributed by atoms with van der Waals surface area (Å²) in [5.74, 6) is -0.218. The van der Waals surface area contributed by atoms with E-state index in [2.05, 4.69) is 38.3 Å². The number of rotatable bonds is 3. The number of hydrogen-bond donors (Lipinski definition) is 1. The minimum absolute atomic E-state index is 0. The van der Waals surface area contributed by atoms with Gasteiger partial charge in [-0.2, -0.15) is 0 Å². The van der Waals surface area contributed by atoms with Crippen molar-refractivity contribution in [1.29, 1.82) is 0 Å². The molecule has 0 aliphatic carbocycles. The quantitative estimate of drug-likeness (QED) is 0.772. The highest BCUT2D eigenvalue weighted by molar-refractivity contribution is 9.10. The summed E-state index contributed by atoms with van der Waals surface area (Å²) in [6.45, 7) is 4.69. The molecule has 1 aliphatic rings. The van der Waals surface area contributed by atoms with E-state index >= 15 is 0 Å². The topological polar surface area (TPSA) is 101 Å². The molecule has 1 heterocycles. The Morgan fingerprint density at radius 3 is 2.12 bits per heavy atom. The molecule has 25 heavy (non-hydrogen) atoms. The normalized spacial score (nSPS) is 13.1. The second-order valence-electron chi connectivity index (χ2n) is 5.35. The first-order valence-corrected chi connectivity index (χ1v) is 8.57. The van der Waals surface area contributed by atoms with Gasteiger partial charge in [-0.05, 0) is 42.0 Å². The van der Waals surface area contributed by atoms with E-state index in [0.717, 1.165) is 23.3 Å². The first-order valence-electron chi connectivity index (χ1n) is 7.77. The molecule has 0 aromatic heterocycles. The van der Waals surface area contributed by atoms with Crippen molar-refractivity contribution in [3.63, 3.8) is 0 Å². The van der Waals surface area contributed by atoms with Crippen molar-refractivity contribution < 1.29 is 25.4 Å². The van der Waals surface area contributed by atoms with Crippen LogP contribution in [0.5, 0.6) is 5.75 Å². The van der Waals surface area contributed by atoms with E-state index in [1.54, 1.807) is 19.2 Å². The lowest BCUT2D eigenvalue weighted by molar-refractivity contribution is -0.655. The monoisotopic (exact) mass is 410 g/mol. The highest BCUT2D eigenvalue weighted by Crippen LogP contribution is 2.18. The van der Waals surface area contributed by atoms with Crippen LogP contribution >= 0.6 is 15.9 Å². The lowest BCUT2D eigenvalue weighted by atomic mass is 10.2. The molecule has 136 valence electrons. The van der Waals surface area contributed by atoms with Gasteiger partial charge in [0, 0.05) is 10.2 Å².